The maximum Gasteiger partial charge on any atom is 0.335 e. The number of rotatable bonds is 4. The fourth-order valence-corrected chi connectivity index (χ4v) is 2.16. The number of aliphatic hydroxyl groups excluding tert-OH is 1. The van der Waals surface area contributed by atoms with Crippen molar-refractivity contribution < 1.29 is 15.0 Å². The second kappa shape index (κ2) is 5.11. The fraction of sp³-hybridized carbons (Fsp3) is 0.182. The Labute approximate surface area is 102 Å². The van der Waals surface area contributed by atoms with Gasteiger partial charge in [0.25, 0.3) is 0 Å². The van der Waals surface area contributed by atoms with Crippen LogP contribution in [0.4, 0.5) is 0 Å². The van der Waals surface area contributed by atoms with Gasteiger partial charge in [0.1, 0.15) is 11.4 Å². The molecule has 6 heteroatoms. The summed E-state index contributed by atoms with van der Waals surface area (Å²) in [5.41, 5.74) is 0.801. The molecule has 0 fully saturated rings. The molecule has 0 radical (unpaired) electrons. The molecule has 2 rings (SSSR count). The zero-order valence-corrected chi connectivity index (χ0v) is 9.65. The summed E-state index contributed by atoms with van der Waals surface area (Å²) in [7, 11) is 0. The third kappa shape index (κ3) is 2.54. The molecule has 0 aliphatic heterocycles. The Hall–Kier alpha value is -1.66. The number of thioether (sulfide) groups is 1. The molecule has 1 heterocycles. The summed E-state index contributed by atoms with van der Waals surface area (Å²) in [4.78, 5) is 19.0. The van der Waals surface area contributed by atoms with E-state index < -0.39 is 5.97 Å². The van der Waals surface area contributed by atoms with Crippen LogP contribution in [0.15, 0.2) is 29.6 Å². The summed E-state index contributed by atoms with van der Waals surface area (Å²) in [6.45, 7) is 0.0728. The normalized spacial score (nSPS) is 10.6. The van der Waals surface area contributed by atoms with Gasteiger partial charge in [-0.05, 0) is 18.2 Å². The highest BCUT2D eigenvalue weighted by molar-refractivity contribution is 7.99. The molecule has 0 aliphatic carbocycles. The van der Waals surface area contributed by atoms with Crippen LogP contribution in [0.25, 0.3) is 10.9 Å². The number of aromatic carboxylic acids is 1. The molecule has 1 aromatic heterocycles. The van der Waals surface area contributed by atoms with Crippen molar-refractivity contribution in [1.82, 2.24) is 9.97 Å². The van der Waals surface area contributed by atoms with E-state index in [2.05, 4.69) is 9.97 Å². The van der Waals surface area contributed by atoms with E-state index in [1.807, 2.05) is 0 Å². The van der Waals surface area contributed by atoms with Gasteiger partial charge in [0.05, 0.1) is 17.7 Å². The molecular weight excluding hydrogens is 240 g/mol. The Balaban J connectivity index is 2.47. The highest BCUT2D eigenvalue weighted by atomic mass is 32.2. The lowest BCUT2D eigenvalue weighted by atomic mass is 10.1. The van der Waals surface area contributed by atoms with Crippen molar-refractivity contribution >= 4 is 28.6 Å². The first-order valence-electron chi connectivity index (χ1n) is 4.94. The van der Waals surface area contributed by atoms with E-state index in [0.717, 1.165) is 10.4 Å². The average molecular weight is 250 g/mol. The van der Waals surface area contributed by atoms with E-state index in [9.17, 15) is 4.79 Å². The molecule has 0 spiro atoms. The number of nitrogens with zero attached hydrogens (tertiary/aromatic N) is 2. The number of benzene rings is 1. The molecule has 0 aliphatic rings. The van der Waals surface area contributed by atoms with Crippen LogP contribution in [0, 0.1) is 0 Å². The quantitative estimate of drug-likeness (QED) is 0.630. The van der Waals surface area contributed by atoms with Gasteiger partial charge in [0.2, 0.25) is 0 Å². The second-order valence-electron chi connectivity index (χ2n) is 3.29. The molecule has 2 aromatic rings. The zero-order chi connectivity index (χ0) is 12.3. The Morgan fingerprint density at radius 2 is 2.18 bits per heavy atom. The molecule has 17 heavy (non-hydrogen) atoms. The van der Waals surface area contributed by atoms with Crippen LogP contribution >= 0.6 is 11.8 Å². The van der Waals surface area contributed by atoms with E-state index in [1.54, 1.807) is 6.07 Å². The lowest BCUT2D eigenvalue weighted by Crippen LogP contribution is -1.97. The Bertz CT molecular complexity index is 559. The largest absolute Gasteiger partial charge is 0.478 e. The van der Waals surface area contributed by atoms with Crippen LogP contribution in [0.3, 0.4) is 0 Å². The number of aliphatic hydroxyl groups is 1. The monoisotopic (exact) mass is 250 g/mol. The topological polar surface area (TPSA) is 83.3 Å². The number of hydrogen-bond donors (Lipinski definition) is 2. The number of carboxylic acids is 1. The van der Waals surface area contributed by atoms with E-state index in [4.69, 9.17) is 10.2 Å². The van der Waals surface area contributed by atoms with E-state index in [1.165, 1.54) is 30.2 Å². The molecule has 1 aromatic carbocycles. The first kappa shape index (κ1) is 11.8. The standard InChI is InChI=1S/C11H10N2O3S/c14-3-4-17-10-8-2-1-7(11(15)16)5-9(8)12-6-13-10/h1-2,5-6,14H,3-4H2,(H,15,16). The maximum absolute atomic E-state index is 10.8. The summed E-state index contributed by atoms with van der Waals surface area (Å²) in [5, 5.41) is 19.2. The van der Waals surface area contributed by atoms with Crippen LogP contribution in [-0.2, 0) is 0 Å². The third-order valence-electron chi connectivity index (χ3n) is 2.18. The lowest BCUT2D eigenvalue weighted by molar-refractivity contribution is 0.0697. The van der Waals surface area contributed by atoms with Gasteiger partial charge in [0, 0.05) is 11.1 Å². The number of hydrogen-bond acceptors (Lipinski definition) is 5. The molecule has 5 nitrogen and oxygen atoms in total. The van der Waals surface area contributed by atoms with Crippen LogP contribution in [-0.4, -0.2) is 38.5 Å². The number of aromatic nitrogens is 2. The highest BCUT2D eigenvalue weighted by Gasteiger charge is 2.08. The number of carbonyl (C=O) groups is 1. The molecule has 0 bridgehead atoms. The van der Waals surface area contributed by atoms with Gasteiger partial charge in [-0.25, -0.2) is 14.8 Å². The first-order chi connectivity index (χ1) is 8.22. The molecule has 2 N–H and O–H groups in total. The van der Waals surface area contributed by atoms with Gasteiger partial charge in [-0.2, -0.15) is 0 Å². The minimum Gasteiger partial charge on any atom is -0.478 e. The zero-order valence-electron chi connectivity index (χ0n) is 8.83. The summed E-state index contributed by atoms with van der Waals surface area (Å²) in [5.74, 6) is -0.428. The average Bonchev–Trinajstić information content (AvgIpc) is 2.35. The molecular formula is C11H10N2O3S. The van der Waals surface area contributed by atoms with Crippen molar-refractivity contribution in [2.45, 2.75) is 5.03 Å². The number of carboxylic acid groups (broad SMARTS) is 1. The highest BCUT2D eigenvalue weighted by Crippen LogP contribution is 2.24. The first-order valence-corrected chi connectivity index (χ1v) is 5.92. The van der Waals surface area contributed by atoms with Crippen LogP contribution < -0.4 is 0 Å². The minimum absolute atomic E-state index is 0.0728. The van der Waals surface area contributed by atoms with Gasteiger partial charge in [-0.1, -0.05) is 0 Å². The summed E-state index contributed by atoms with van der Waals surface area (Å²) >= 11 is 1.42. The maximum atomic E-state index is 10.8. The van der Waals surface area contributed by atoms with Gasteiger partial charge in [-0.15, -0.1) is 11.8 Å². The number of fused-ring (bicyclic) bond motifs is 1. The van der Waals surface area contributed by atoms with Gasteiger partial charge >= 0.3 is 5.97 Å². The SMILES string of the molecule is O=C(O)c1ccc2c(SCCO)ncnc2c1. The van der Waals surface area contributed by atoms with Crippen LogP contribution in [0.5, 0.6) is 0 Å². The predicted molar refractivity (Wildman–Crippen MR) is 64.3 cm³/mol. The van der Waals surface area contributed by atoms with Crippen molar-refractivity contribution in [3.63, 3.8) is 0 Å². The van der Waals surface area contributed by atoms with Crippen LogP contribution in [0.1, 0.15) is 10.4 Å². The van der Waals surface area contributed by atoms with Crippen molar-refractivity contribution in [3.8, 4) is 0 Å². The predicted octanol–water partition coefficient (Wildman–Crippen LogP) is 1.41. The third-order valence-corrected chi connectivity index (χ3v) is 3.16. The molecule has 0 unspecified atom stereocenters. The van der Waals surface area contributed by atoms with E-state index >= 15 is 0 Å². The molecule has 0 amide bonds. The van der Waals surface area contributed by atoms with Crippen molar-refractivity contribution in [2.24, 2.45) is 0 Å². The fourth-order valence-electron chi connectivity index (χ4n) is 1.42. The minimum atomic E-state index is -0.977. The smallest absolute Gasteiger partial charge is 0.335 e. The van der Waals surface area contributed by atoms with Crippen molar-refractivity contribution in [1.29, 1.82) is 0 Å². The van der Waals surface area contributed by atoms with Gasteiger partial charge in [-0.3, -0.25) is 0 Å². The Morgan fingerprint density at radius 1 is 1.35 bits per heavy atom. The molecule has 88 valence electrons. The summed E-state index contributed by atoms with van der Waals surface area (Å²) < 4.78 is 0. The Kier molecular flexibility index (Phi) is 3.55. The van der Waals surface area contributed by atoms with Gasteiger partial charge < -0.3 is 10.2 Å². The second-order valence-corrected chi connectivity index (χ2v) is 4.37. The Morgan fingerprint density at radius 3 is 2.88 bits per heavy atom. The van der Waals surface area contributed by atoms with E-state index in [-0.39, 0.29) is 12.2 Å². The summed E-state index contributed by atoms with van der Waals surface area (Å²) in [6.07, 6.45) is 1.40. The van der Waals surface area contributed by atoms with Crippen molar-refractivity contribution in [2.75, 3.05) is 12.4 Å². The van der Waals surface area contributed by atoms with Crippen LogP contribution in [0.2, 0.25) is 0 Å². The summed E-state index contributed by atoms with van der Waals surface area (Å²) in [6, 6.07) is 4.73. The van der Waals surface area contributed by atoms with E-state index in [0.29, 0.717) is 11.3 Å². The lowest BCUT2D eigenvalue weighted by Gasteiger charge is -2.04. The molecule has 0 saturated carbocycles. The van der Waals surface area contributed by atoms with Crippen molar-refractivity contribution in [3.05, 3.63) is 30.1 Å². The molecule has 0 atom stereocenters. The van der Waals surface area contributed by atoms with Gasteiger partial charge in [0.15, 0.2) is 0 Å². The molecule has 0 saturated heterocycles.